The summed E-state index contributed by atoms with van der Waals surface area (Å²) in [5, 5.41) is 14.5. The number of amidine groups is 1. The second-order valence-corrected chi connectivity index (χ2v) is 5.64. The Labute approximate surface area is 125 Å². The summed E-state index contributed by atoms with van der Waals surface area (Å²) >= 11 is 3.33. The molecule has 20 heavy (non-hydrogen) atoms. The lowest BCUT2D eigenvalue weighted by Crippen LogP contribution is -2.32. The molecule has 0 aromatic heterocycles. The van der Waals surface area contributed by atoms with E-state index in [9.17, 15) is 4.79 Å². The predicted octanol–water partition coefficient (Wildman–Crippen LogP) is 1.91. The SMILES string of the molecule is CC1CCOC1C(=O)Nc1cc(Br)ccc1/C(N)=N/O. The fraction of sp³-hybridized carbons (Fsp3) is 0.385. The molecule has 1 aliphatic rings. The van der Waals surface area contributed by atoms with Crippen LogP contribution in [-0.4, -0.2) is 29.7 Å². The van der Waals surface area contributed by atoms with E-state index in [4.69, 9.17) is 15.7 Å². The van der Waals surface area contributed by atoms with Gasteiger partial charge in [-0.2, -0.15) is 0 Å². The van der Waals surface area contributed by atoms with Gasteiger partial charge in [-0.3, -0.25) is 4.79 Å². The minimum atomic E-state index is -0.464. The van der Waals surface area contributed by atoms with Crippen molar-refractivity contribution in [2.75, 3.05) is 11.9 Å². The number of benzene rings is 1. The number of nitrogens with zero attached hydrogens (tertiary/aromatic N) is 1. The zero-order valence-electron chi connectivity index (χ0n) is 11.0. The molecule has 1 aromatic rings. The summed E-state index contributed by atoms with van der Waals surface area (Å²) in [7, 11) is 0. The summed E-state index contributed by atoms with van der Waals surface area (Å²) in [4.78, 5) is 12.2. The Kier molecular flexibility index (Phi) is 4.61. The third kappa shape index (κ3) is 3.10. The summed E-state index contributed by atoms with van der Waals surface area (Å²) in [5.41, 5.74) is 6.53. The molecule has 0 radical (unpaired) electrons. The Hall–Kier alpha value is -1.60. The molecule has 0 spiro atoms. The molecule has 1 aliphatic heterocycles. The molecule has 108 valence electrons. The van der Waals surface area contributed by atoms with Gasteiger partial charge in [0.2, 0.25) is 0 Å². The number of rotatable bonds is 3. The van der Waals surface area contributed by atoms with Gasteiger partial charge in [0, 0.05) is 16.6 Å². The molecule has 7 heteroatoms. The number of hydrogen-bond donors (Lipinski definition) is 3. The smallest absolute Gasteiger partial charge is 0.253 e. The molecule has 0 aliphatic carbocycles. The summed E-state index contributed by atoms with van der Waals surface area (Å²) < 4.78 is 6.20. The first-order valence-corrected chi connectivity index (χ1v) is 7.02. The highest BCUT2D eigenvalue weighted by Gasteiger charge is 2.31. The van der Waals surface area contributed by atoms with E-state index < -0.39 is 6.10 Å². The van der Waals surface area contributed by atoms with Crippen molar-refractivity contribution in [2.45, 2.75) is 19.4 Å². The van der Waals surface area contributed by atoms with Crippen LogP contribution in [0.5, 0.6) is 0 Å². The number of carbonyl (C=O) groups excluding carboxylic acids is 1. The van der Waals surface area contributed by atoms with Crippen molar-refractivity contribution >= 4 is 33.4 Å². The van der Waals surface area contributed by atoms with Gasteiger partial charge in [0.1, 0.15) is 6.10 Å². The number of nitrogens with two attached hydrogens (primary N) is 1. The van der Waals surface area contributed by atoms with Gasteiger partial charge >= 0.3 is 0 Å². The van der Waals surface area contributed by atoms with Crippen molar-refractivity contribution in [3.8, 4) is 0 Å². The van der Waals surface area contributed by atoms with E-state index in [2.05, 4.69) is 26.4 Å². The number of carbonyl (C=O) groups is 1. The van der Waals surface area contributed by atoms with Crippen molar-refractivity contribution < 1.29 is 14.7 Å². The van der Waals surface area contributed by atoms with Crippen molar-refractivity contribution in [1.29, 1.82) is 0 Å². The lowest BCUT2D eigenvalue weighted by Gasteiger charge is -2.16. The monoisotopic (exact) mass is 341 g/mol. The van der Waals surface area contributed by atoms with Crippen LogP contribution in [0.1, 0.15) is 18.9 Å². The third-order valence-corrected chi connectivity index (χ3v) is 3.76. The van der Waals surface area contributed by atoms with Gasteiger partial charge in [0.25, 0.3) is 5.91 Å². The fourth-order valence-corrected chi connectivity index (χ4v) is 2.49. The molecule has 6 nitrogen and oxygen atoms in total. The summed E-state index contributed by atoms with van der Waals surface area (Å²) in [6.45, 7) is 2.56. The first-order valence-electron chi connectivity index (χ1n) is 6.23. The molecule has 1 fully saturated rings. The standard InChI is InChI=1S/C13H16BrN3O3/c1-7-4-5-20-11(7)13(18)16-10-6-8(14)2-3-9(10)12(15)17-19/h2-3,6-7,11,19H,4-5H2,1H3,(H2,15,17)(H,16,18). The summed E-state index contributed by atoms with van der Waals surface area (Å²) in [5.74, 6) is -0.109. The normalized spacial score (nSPS) is 22.8. The molecule has 2 atom stereocenters. The van der Waals surface area contributed by atoms with Crippen LogP contribution >= 0.6 is 15.9 Å². The summed E-state index contributed by atoms with van der Waals surface area (Å²) in [6, 6.07) is 5.11. The van der Waals surface area contributed by atoms with Gasteiger partial charge in [-0.15, -0.1) is 0 Å². The number of amides is 1. The van der Waals surface area contributed by atoms with Crippen molar-refractivity contribution in [3.63, 3.8) is 0 Å². The lowest BCUT2D eigenvalue weighted by atomic mass is 10.0. The maximum Gasteiger partial charge on any atom is 0.253 e. The van der Waals surface area contributed by atoms with Crippen LogP contribution in [0.3, 0.4) is 0 Å². The van der Waals surface area contributed by atoms with E-state index in [0.29, 0.717) is 17.9 Å². The maximum atomic E-state index is 12.2. The minimum absolute atomic E-state index is 0.0619. The van der Waals surface area contributed by atoms with Gasteiger partial charge in [-0.25, -0.2) is 0 Å². The van der Waals surface area contributed by atoms with Crippen molar-refractivity contribution in [3.05, 3.63) is 28.2 Å². The third-order valence-electron chi connectivity index (χ3n) is 3.27. The van der Waals surface area contributed by atoms with E-state index in [1.54, 1.807) is 18.2 Å². The molecule has 1 amide bonds. The van der Waals surface area contributed by atoms with Crippen LogP contribution < -0.4 is 11.1 Å². The minimum Gasteiger partial charge on any atom is -0.409 e. The van der Waals surface area contributed by atoms with Crippen LogP contribution in [0.2, 0.25) is 0 Å². The van der Waals surface area contributed by atoms with Crippen LogP contribution in [0.15, 0.2) is 27.8 Å². The second-order valence-electron chi connectivity index (χ2n) is 4.72. The molecular formula is C13H16BrN3O3. The number of halogens is 1. The molecule has 2 rings (SSSR count). The molecular weight excluding hydrogens is 326 g/mol. The van der Waals surface area contributed by atoms with Crippen molar-refractivity contribution in [1.82, 2.24) is 0 Å². The number of hydrogen-bond acceptors (Lipinski definition) is 4. The quantitative estimate of drug-likeness (QED) is 0.338. The average Bonchev–Trinajstić information content (AvgIpc) is 2.84. The zero-order chi connectivity index (χ0) is 14.7. The molecule has 1 saturated heterocycles. The molecule has 1 aromatic carbocycles. The highest BCUT2D eigenvalue weighted by molar-refractivity contribution is 9.10. The van der Waals surface area contributed by atoms with Gasteiger partial charge in [0.05, 0.1) is 5.69 Å². The number of ether oxygens (including phenoxy) is 1. The van der Waals surface area contributed by atoms with Crippen LogP contribution in [0.25, 0.3) is 0 Å². The van der Waals surface area contributed by atoms with Crippen LogP contribution in [-0.2, 0) is 9.53 Å². The van der Waals surface area contributed by atoms with E-state index in [-0.39, 0.29) is 17.7 Å². The first-order chi connectivity index (χ1) is 9.52. The largest absolute Gasteiger partial charge is 0.409 e. The van der Waals surface area contributed by atoms with Gasteiger partial charge in [-0.05, 0) is 30.5 Å². The van der Waals surface area contributed by atoms with Gasteiger partial charge < -0.3 is 21.0 Å². The van der Waals surface area contributed by atoms with Gasteiger partial charge in [-0.1, -0.05) is 28.0 Å². The number of oxime groups is 1. The van der Waals surface area contributed by atoms with Crippen LogP contribution in [0.4, 0.5) is 5.69 Å². The Morgan fingerprint density at radius 3 is 2.95 bits per heavy atom. The predicted molar refractivity (Wildman–Crippen MR) is 78.8 cm³/mol. The number of nitrogens with one attached hydrogen (secondary N) is 1. The van der Waals surface area contributed by atoms with Crippen LogP contribution in [0, 0.1) is 5.92 Å². The summed E-state index contributed by atoms with van der Waals surface area (Å²) in [6.07, 6.45) is 0.401. The van der Waals surface area contributed by atoms with E-state index in [0.717, 1.165) is 10.9 Å². The zero-order valence-corrected chi connectivity index (χ0v) is 12.6. The number of anilines is 1. The molecule has 2 unspecified atom stereocenters. The maximum absolute atomic E-state index is 12.2. The first kappa shape index (κ1) is 14.8. The molecule has 1 heterocycles. The lowest BCUT2D eigenvalue weighted by molar-refractivity contribution is -0.126. The molecule has 0 saturated carbocycles. The van der Waals surface area contributed by atoms with Gasteiger partial charge in [0.15, 0.2) is 5.84 Å². The Balaban J connectivity index is 2.24. The Morgan fingerprint density at radius 2 is 2.35 bits per heavy atom. The second kappa shape index (κ2) is 6.23. The molecule has 4 N–H and O–H groups in total. The molecule has 0 bridgehead atoms. The highest BCUT2D eigenvalue weighted by Crippen LogP contribution is 2.25. The average molecular weight is 342 g/mol. The Morgan fingerprint density at radius 1 is 1.60 bits per heavy atom. The topological polar surface area (TPSA) is 96.9 Å². The van der Waals surface area contributed by atoms with E-state index in [1.807, 2.05) is 6.92 Å². The highest BCUT2D eigenvalue weighted by atomic mass is 79.9. The van der Waals surface area contributed by atoms with Crippen molar-refractivity contribution in [2.24, 2.45) is 16.8 Å². The fourth-order valence-electron chi connectivity index (χ4n) is 2.13. The van der Waals surface area contributed by atoms with E-state index >= 15 is 0 Å². The Bertz CT molecular complexity index is 548. The van der Waals surface area contributed by atoms with E-state index in [1.165, 1.54) is 0 Å².